The number of hydrogen-bond acceptors (Lipinski definition) is 2. The number of nitrogens with zero attached hydrogens (tertiary/aromatic N) is 1. The minimum absolute atomic E-state index is 0.497. The lowest BCUT2D eigenvalue weighted by molar-refractivity contribution is 0.418. The van der Waals surface area contributed by atoms with Gasteiger partial charge >= 0.3 is 0 Å². The first-order valence-electron chi connectivity index (χ1n) is 7.73. The Morgan fingerprint density at radius 3 is 2.79 bits per heavy atom. The van der Waals surface area contributed by atoms with E-state index in [2.05, 4.69) is 30.7 Å². The van der Waals surface area contributed by atoms with Gasteiger partial charge in [0.1, 0.15) is 0 Å². The second-order valence-corrected chi connectivity index (χ2v) is 7.51. The topological polar surface area (TPSA) is 36.4 Å². The van der Waals surface area contributed by atoms with Crippen molar-refractivity contribution < 1.29 is 0 Å². The second kappa shape index (κ2) is 6.87. The van der Waals surface area contributed by atoms with Crippen LogP contribution in [0.15, 0.2) is 4.99 Å². The van der Waals surface area contributed by atoms with E-state index >= 15 is 0 Å². The van der Waals surface area contributed by atoms with Gasteiger partial charge in [0.15, 0.2) is 5.96 Å². The third kappa shape index (κ3) is 4.90. The van der Waals surface area contributed by atoms with Crippen LogP contribution in [0.3, 0.4) is 0 Å². The highest BCUT2D eigenvalue weighted by Crippen LogP contribution is 2.44. The molecule has 3 nitrogen and oxygen atoms in total. The van der Waals surface area contributed by atoms with E-state index in [9.17, 15) is 0 Å². The van der Waals surface area contributed by atoms with Crippen molar-refractivity contribution in [3.63, 3.8) is 0 Å². The van der Waals surface area contributed by atoms with Gasteiger partial charge in [0.05, 0.1) is 0 Å². The van der Waals surface area contributed by atoms with Crippen LogP contribution in [-0.2, 0) is 0 Å². The summed E-state index contributed by atoms with van der Waals surface area (Å²) >= 11 is 2.02. The lowest BCUT2D eigenvalue weighted by Crippen LogP contribution is -2.45. The molecular formula is C15H29N3S. The summed E-state index contributed by atoms with van der Waals surface area (Å²) in [5.41, 5.74) is 0.497. The first-order valence-corrected chi connectivity index (χ1v) is 9.01. The zero-order valence-corrected chi connectivity index (χ0v) is 13.5. The summed E-state index contributed by atoms with van der Waals surface area (Å²) in [6.45, 7) is 6.40. The van der Waals surface area contributed by atoms with E-state index in [1.807, 2.05) is 11.8 Å². The highest BCUT2D eigenvalue weighted by Gasteiger charge is 2.37. The van der Waals surface area contributed by atoms with Crippen LogP contribution in [0.2, 0.25) is 0 Å². The molecule has 2 N–H and O–H groups in total. The van der Waals surface area contributed by atoms with Crippen LogP contribution in [0.1, 0.15) is 52.4 Å². The SMILES string of the molecule is CCNC(=NCC1(C)CC1)NC1CCCC(SC)C1. The highest BCUT2D eigenvalue weighted by molar-refractivity contribution is 7.99. The van der Waals surface area contributed by atoms with Gasteiger partial charge in [0, 0.05) is 24.4 Å². The molecule has 0 heterocycles. The van der Waals surface area contributed by atoms with Crippen molar-refractivity contribution >= 4 is 17.7 Å². The van der Waals surface area contributed by atoms with Gasteiger partial charge in [-0.2, -0.15) is 11.8 Å². The van der Waals surface area contributed by atoms with Crippen molar-refractivity contribution in [2.24, 2.45) is 10.4 Å². The normalized spacial score (nSPS) is 29.9. The maximum absolute atomic E-state index is 4.78. The molecule has 2 saturated carbocycles. The summed E-state index contributed by atoms with van der Waals surface area (Å²) in [4.78, 5) is 4.78. The highest BCUT2D eigenvalue weighted by atomic mass is 32.2. The summed E-state index contributed by atoms with van der Waals surface area (Å²) in [7, 11) is 0. The molecular weight excluding hydrogens is 254 g/mol. The fourth-order valence-electron chi connectivity index (χ4n) is 2.64. The Morgan fingerprint density at radius 1 is 1.37 bits per heavy atom. The van der Waals surface area contributed by atoms with E-state index in [0.717, 1.165) is 24.3 Å². The molecule has 2 aliphatic rings. The lowest BCUT2D eigenvalue weighted by Gasteiger charge is -2.30. The van der Waals surface area contributed by atoms with E-state index in [0.29, 0.717) is 11.5 Å². The molecule has 0 aromatic carbocycles. The van der Waals surface area contributed by atoms with Gasteiger partial charge in [-0.3, -0.25) is 4.99 Å². The van der Waals surface area contributed by atoms with Crippen LogP contribution in [0.4, 0.5) is 0 Å². The van der Waals surface area contributed by atoms with E-state index in [4.69, 9.17) is 4.99 Å². The van der Waals surface area contributed by atoms with Gasteiger partial charge in [-0.1, -0.05) is 13.3 Å². The third-order valence-electron chi connectivity index (χ3n) is 4.37. The Bertz CT molecular complexity index is 313. The van der Waals surface area contributed by atoms with Gasteiger partial charge < -0.3 is 10.6 Å². The van der Waals surface area contributed by atoms with Crippen LogP contribution in [0, 0.1) is 5.41 Å². The monoisotopic (exact) mass is 283 g/mol. The Balaban J connectivity index is 1.84. The van der Waals surface area contributed by atoms with Crippen molar-refractivity contribution in [1.82, 2.24) is 10.6 Å². The van der Waals surface area contributed by atoms with Gasteiger partial charge in [0.2, 0.25) is 0 Å². The zero-order valence-electron chi connectivity index (χ0n) is 12.7. The predicted octanol–water partition coefficient (Wildman–Crippen LogP) is 3.02. The molecule has 4 heteroatoms. The Kier molecular flexibility index (Phi) is 5.43. The van der Waals surface area contributed by atoms with Crippen LogP contribution >= 0.6 is 11.8 Å². The first-order chi connectivity index (χ1) is 9.15. The summed E-state index contributed by atoms with van der Waals surface area (Å²) in [5, 5.41) is 7.87. The molecule has 2 fully saturated rings. The third-order valence-corrected chi connectivity index (χ3v) is 5.46. The Hall–Kier alpha value is -0.380. The number of thioether (sulfide) groups is 1. The summed E-state index contributed by atoms with van der Waals surface area (Å²) in [5.74, 6) is 1.03. The maximum atomic E-state index is 4.78. The molecule has 0 spiro atoms. The molecule has 0 radical (unpaired) electrons. The molecule has 2 unspecified atom stereocenters. The molecule has 0 bridgehead atoms. The molecule has 0 aliphatic heterocycles. The summed E-state index contributed by atoms with van der Waals surface area (Å²) < 4.78 is 0. The van der Waals surface area contributed by atoms with Crippen molar-refractivity contribution in [3.8, 4) is 0 Å². The van der Waals surface area contributed by atoms with Crippen molar-refractivity contribution in [3.05, 3.63) is 0 Å². The van der Waals surface area contributed by atoms with Gasteiger partial charge in [-0.05, 0) is 50.7 Å². The van der Waals surface area contributed by atoms with Gasteiger partial charge in [-0.15, -0.1) is 0 Å². The molecule has 19 heavy (non-hydrogen) atoms. The van der Waals surface area contributed by atoms with E-state index < -0.39 is 0 Å². The molecule has 0 aromatic heterocycles. The van der Waals surface area contributed by atoms with Crippen LogP contribution in [0.25, 0.3) is 0 Å². The quantitative estimate of drug-likeness (QED) is 0.601. The smallest absolute Gasteiger partial charge is 0.191 e. The molecule has 0 saturated heterocycles. The average molecular weight is 283 g/mol. The molecule has 0 aromatic rings. The lowest BCUT2D eigenvalue weighted by atomic mass is 9.95. The summed E-state index contributed by atoms with van der Waals surface area (Å²) in [6.07, 6.45) is 10.2. The zero-order chi connectivity index (χ0) is 13.7. The fraction of sp³-hybridized carbons (Fsp3) is 0.933. The minimum Gasteiger partial charge on any atom is -0.357 e. The molecule has 0 amide bonds. The molecule has 2 rings (SSSR count). The Labute approximate surface area is 122 Å². The number of guanidine groups is 1. The number of rotatable bonds is 5. The second-order valence-electron chi connectivity index (χ2n) is 6.37. The molecule has 2 atom stereocenters. The van der Waals surface area contributed by atoms with Gasteiger partial charge in [0.25, 0.3) is 0 Å². The van der Waals surface area contributed by atoms with E-state index in [1.165, 1.54) is 38.5 Å². The predicted molar refractivity (Wildman–Crippen MR) is 86.0 cm³/mol. The standard InChI is InChI=1S/C15H29N3S/c1-4-16-14(17-11-15(2)8-9-15)18-12-6-5-7-13(10-12)19-3/h12-13H,4-11H2,1-3H3,(H2,16,17,18). The van der Waals surface area contributed by atoms with E-state index in [1.54, 1.807) is 0 Å². The van der Waals surface area contributed by atoms with Crippen molar-refractivity contribution in [2.75, 3.05) is 19.3 Å². The number of nitrogens with one attached hydrogen (secondary N) is 2. The van der Waals surface area contributed by atoms with Crippen LogP contribution < -0.4 is 10.6 Å². The molecule has 2 aliphatic carbocycles. The van der Waals surface area contributed by atoms with Crippen molar-refractivity contribution in [2.45, 2.75) is 63.7 Å². The largest absolute Gasteiger partial charge is 0.357 e. The number of aliphatic imine (C=N–C) groups is 1. The van der Waals surface area contributed by atoms with Gasteiger partial charge in [-0.25, -0.2) is 0 Å². The number of hydrogen-bond donors (Lipinski definition) is 2. The van der Waals surface area contributed by atoms with Crippen LogP contribution in [-0.4, -0.2) is 36.6 Å². The fourth-order valence-corrected chi connectivity index (χ4v) is 3.47. The van der Waals surface area contributed by atoms with E-state index in [-0.39, 0.29) is 0 Å². The maximum Gasteiger partial charge on any atom is 0.191 e. The summed E-state index contributed by atoms with van der Waals surface area (Å²) in [6, 6.07) is 0.607. The van der Waals surface area contributed by atoms with Crippen LogP contribution in [0.5, 0.6) is 0 Å². The molecule has 110 valence electrons. The average Bonchev–Trinajstić information content (AvgIpc) is 3.15. The van der Waals surface area contributed by atoms with Crippen molar-refractivity contribution in [1.29, 1.82) is 0 Å². The minimum atomic E-state index is 0.497. The first kappa shape index (κ1) is 15.0. The Morgan fingerprint density at radius 2 is 2.16 bits per heavy atom.